The van der Waals surface area contributed by atoms with Crippen molar-refractivity contribution in [1.29, 1.82) is 5.26 Å². The molecule has 0 saturated carbocycles. The predicted molar refractivity (Wildman–Crippen MR) is 97.7 cm³/mol. The molecule has 27 heavy (non-hydrogen) atoms. The molecule has 2 N–H and O–H groups in total. The van der Waals surface area contributed by atoms with E-state index in [1.54, 1.807) is 18.2 Å². The van der Waals surface area contributed by atoms with Crippen molar-refractivity contribution in [3.05, 3.63) is 89.5 Å². The number of benzene rings is 2. The lowest BCUT2D eigenvalue weighted by molar-refractivity contribution is 0.102. The molecule has 0 fully saturated rings. The summed E-state index contributed by atoms with van der Waals surface area (Å²) in [4.78, 5) is 28.6. The zero-order valence-corrected chi connectivity index (χ0v) is 13.9. The number of hydrogen-bond donors (Lipinski definition) is 2. The molecule has 0 radical (unpaired) electrons. The average Bonchev–Trinajstić information content (AvgIpc) is 2.70. The molecule has 2 amide bonds. The van der Waals surface area contributed by atoms with E-state index in [4.69, 9.17) is 5.26 Å². The van der Waals surface area contributed by atoms with Crippen LogP contribution in [0.5, 0.6) is 0 Å². The van der Waals surface area contributed by atoms with Crippen LogP contribution >= 0.6 is 0 Å². The smallest absolute Gasteiger partial charge is 0.257 e. The first-order chi connectivity index (χ1) is 13.0. The first-order valence-electron chi connectivity index (χ1n) is 7.88. The van der Waals surface area contributed by atoms with Crippen LogP contribution in [0.25, 0.3) is 0 Å². The van der Waals surface area contributed by atoms with Gasteiger partial charge < -0.3 is 10.6 Å². The number of nitriles is 1. The zero-order chi connectivity index (χ0) is 19.2. The first-order valence-corrected chi connectivity index (χ1v) is 7.88. The largest absolute Gasteiger partial charge is 0.322 e. The minimum atomic E-state index is -0.477. The highest BCUT2D eigenvalue weighted by Crippen LogP contribution is 2.14. The van der Waals surface area contributed by atoms with Crippen LogP contribution in [0.15, 0.2) is 67.0 Å². The Morgan fingerprint density at radius 1 is 0.889 bits per heavy atom. The van der Waals surface area contributed by atoms with Gasteiger partial charge in [-0.15, -0.1) is 0 Å². The van der Waals surface area contributed by atoms with Crippen LogP contribution in [0.1, 0.15) is 26.3 Å². The molecule has 0 atom stereocenters. The third kappa shape index (κ3) is 4.52. The zero-order valence-electron chi connectivity index (χ0n) is 13.9. The van der Waals surface area contributed by atoms with E-state index in [9.17, 15) is 14.0 Å². The lowest BCUT2D eigenvalue weighted by atomic mass is 10.1. The molecule has 1 heterocycles. The van der Waals surface area contributed by atoms with Gasteiger partial charge in [-0.25, -0.2) is 4.39 Å². The second kappa shape index (κ2) is 7.89. The molecule has 6 nitrogen and oxygen atoms in total. The van der Waals surface area contributed by atoms with Gasteiger partial charge in [0, 0.05) is 23.8 Å². The average molecular weight is 360 g/mol. The molecule has 0 saturated heterocycles. The number of nitrogens with zero attached hydrogens (tertiary/aromatic N) is 2. The highest BCUT2D eigenvalue weighted by Gasteiger charge is 2.12. The maximum Gasteiger partial charge on any atom is 0.257 e. The summed E-state index contributed by atoms with van der Waals surface area (Å²) in [6.45, 7) is 0. The van der Waals surface area contributed by atoms with Crippen molar-refractivity contribution in [2.75, 3.05) is 10.6 Å². The Morgan fingerprint density at radius 2 is 1.52 bits per heavy atom. The molecule has 1 aromatic heterocycles. The number of nitrogens with one attached hydrogen (secondary N) is 2. The number of rotatable bonds is 4. The van der Waals surface area contributed by atoms with E-state index >= 15 is 0 Å². The van der Waals surface area contributed by atoms with Crippen LogP contribution in [0, 0.1) is 17.1 Å². The quantitative estimate of drug-likeness (QED) is 0.743. The number of aromatic nitrogens is 1. The van der Waals surface area contributed by atoms with Crippen LogP contribution in [0.3, 0.4) is 0 Å². The van der Waals surface area contributed by atoms with E-state index in [2.05, 4.69) is 15.6 Å². The molecule has 0 unspecified atom stereocenters. The lowest BCUT2D eigenvalue weighted by Gasteiger charge is -2.08. The predicted octanol–water partition coefficient (Wildman–Crippen LogP) is 3.60. The van der Waals surface area contributed by atoms with Gasteiger partial charge in [0.05, 0.1) is 22.8 Å². The number of carbonyl (C=O) groups is 2. The van der Waals surface area contributed by atoms with E-state index in [-0.39, 0.29) is 11.1 Å². The van der Waals surface area contributed by atoms with Gasteiger partial charge in [0.2, 0.25) is 0 Å². The molecule has 3 aromatic rings. The van der Waals surface area contributed by atoms with Crippen LogP contribution in [0.2, 0.25) is 0 Å². The van der Waals surface area contributed by atoms with Crippen LogP contribution in [0.4, 0.5) is 15.8 Å². The van der Waals surface area contributed by atoms with Crippen molar-refractivity contribution in [3.8, 4) is 6.07 Å². The van der Waals surface area contributed by atoms with Crippen molar-refractivity contribution in [2.24, 2.45) is 0 Å². The molecule has 0 aliphatic heterocycles. The van der Waals surface area contributed by atoms with Crippen LogP contribution < -0.4 is 10.6 Å². The standard InChI is InChI=1S/C20H13FN4O2/c21-16-4-6-17(7-5-16)24-19(26)14-9-15(12-23-11-14)20(27)25-18-3-1-2-13(8-18)10-22/h1-9,11-12H,(H,24,26)(H,25,27). The van der Waals surface area contributed by atoms with Gasteiger partial charge in [0.25, 0.3) is 11.8 Å². The van der Waals surface area contributed by atoms with E-state index in [0.717, 1.165) is 0 Å². The first kappa shape index (κ1) is 17.8. The monoisotopic (exact) mass is 360 g/mol. The number of hydrogen-bond acceptors (Lipinski definition) is 4. The summed E-state index contributed by atoms with van der Waals surface area (Å²) in [6, 6.07) is 15.2. The van der Waals surface area contributed by atoms with E-state index in [1.165, 1.54) is 48.8 Å². The van der Waals surface area contributed by atoms with Gasteiger partial charge in [-0.3, -0.25) is 14.6 Å². The van der Waals surface area contributed by atoms with Crippen LogP contribution in [-0.2, 0) is 0 Å². The molecule has 0 bridgehead atoms. The summed E-state index contributed by atoms with van der Waals surface area (Å²) >= 11 is 0. The Labute approximate surface area is 154 Å². The maximum atomic E-state index is 12.9. The minimum absolute atomic E-state index is 0.178. The van der Waals surface area contributed by atoms with Crippen LogP contribution in [-0.4, -0.2) is 16.8 Å². The lowest BCUT2D eigenvalue weighted by Crippen LogP contribution is -2.16. The molecular weight excluding hydrogens is 347 g/mol. The van der Waals surface area contributed by atoms with E-state index < -0.39 is 17.6 Å². The molecule has 3 rings (SSSR count). The van der Waals surface area contributed by atoms with Gasteiger partial charge in [0.1, 0.15) is 5.82 Å². The Balaban J connectivity index is 1.74. The maximum absolute atomic E-state index is 12.9. The fourth-order valence-electron chi connectivity index (χ4n) is 2.29. The second-order valence-electron chi connectivity index (χ2n) is 5.57. The third-order valence-corrected chi connectivity index (χ3v) is 3.61. The Morgan fingerprint density at radius 3 is 2.15 bits per heavy atom. The Hall–Kier alpha value is -4.05. The van der Waals surface area contributed by atoms with Gasteiger partial charge in [-0.2, -0.15) is 5.26 Å². The van der Waals surface area contributed by atoms with Crippen molar-refractivity contribution in [3.63, 3.8) is 0 Å². The molecule has 2 aromatic carbocycles. The summed E-state index contributed by atoms with van der Waals surface area (Å²) in [5, 5.41) is 14.2. The van der Waals surface area contributed by atoms with Crippen molar-refractivity contribution in [1.82, 2.24) is 4.98 Å². The Bertz CT molecular complexity index is 1040. The van der Waals surface area contributed by atoms with E-state index in [0.29, 0.717) is 16.9 Å². The Kier molecular flexibility index (Phi) is 5.19. The van der Waals surface area contributed by atoms with Crippen molar-refractivity contribution in [2.45, 2.75) is 0 Å². The van der Waals surface area contributed by atoms with Gasteiger partial charge in [-0.1, -0.05) is 6.07 Å². The SMILES string of the molecule is N#Cc1cccc(NC(=O)c2cncc(C(=O)Nc3ccc(F)cc3)c2)c1. The molecular formula is C20H13FN4O2. The summed E-state index contributed by atoms with van der Waals surface area (Å²) < 4.78 is 12.9. The normalized spacial score (nSPS) is 9.93. The number of pyridine rings is 1. The molecule has 132 valence electrons. The highest BCUT2D eigenvalue weighted by molar-refractivity contribution is 6.08. The van der Waals surface area contributed by atoms with Gasteiger partial charge in [0.15, 0.2) is 0 Å². The molecule has 7 heteroatoms. The summed E-state index contributed by atoms with van der Waals surface area (Å²) in [5.41, 5.74) is 1.66. The topological polar surface area (TPSA) is 94.9 Å². The molecule has 0 aliphatic rings. The highest BCUT2D eigenvalue weighted by atomic mass is 19.1. The summed E-state index contributed by atoms with van der Waals surface area (Å²) in [6.07, 6.45) is 2.66. The van der Waals surface area contributed by atoms with Gasteiger partial charge in [-0.05, 0) is 48.5 Å². The summed E-state index contributed by atoms with van der Waals surface area (Å²) in [7, 11) is 0. The number of anilines is 2. The van der Waals surface area contributed by atoms with Crippen molar-refractivity contribution >= 4 is 23.2 Å². The summed E-state index contributed by atoms with van der Waals surface area (Å²) in [5.74, 6) is -1.35. The van der Waals surface area contributed by atoms with Gasteiger partial charge >= 0.3 is 0 Å². The van der Waals surface area contributed by atoms with E-state index in [1.807, 2.05) is 6.07 Å². The van der Waals surface area contributed by atoms with Crippen molar-refractivity contribution < 1.29 is 14.0 Å². The second-order valence-corrected chi connectivity index (χ2v) is 5.57. The molecule has 0 spiro atoms. The third-order valence-electron chi connectivity index (χ3n) is 3.61. The fraction of sp³-hybridized carbons (Fsp3) is 0. The number of halogens is 1. The number of carbonyl (C=O) groups excluding carboxylic acids is 2. The molecule has 0 aliphatic carbocycles. The fourth-order valence-corrected chi connectivity index (χ4v) is 2.29. The number of amides is 2. The minimum Gasteiger partial charge on any atom is -0.322 e.